The van der Waals surface area contributed by atoms with Crippen molar-refractivity contribution < 1.29 is 107 Å². The molecule has 0 bridgehead atoms. The van der Waals surface area contributed by atoms with Crippen LogP contribution in [0.4, 0.5) is 0 Å². The standard InChI is InChI=1S/C25H47O12PSSi.C25H47O11PSSi/c1-8-22(26)33-19-25(9-2,20-34-23(27)13-15-38(29,36-10-3)37-11-4)21-35-24(28)14-17-39-16-12-18-40(30-5,31-6)32-7;1-8-22(26)32-19-25(9-2,20-33-23(27)13-15-37(29,35-10-3)36-11-4)21-34-24(28)14-17-38-16-12-18-39(7,30-5)31-6/h8H,1,9-21H2,2-7H3;8H,1,9-21H2,2-7H3. The third-order valence-electron chi connectivity index (χ3n) is 11.9. The normalized spacial score (nSPS) is 13.4. The van der Waals surface area contributed by atoms with E-state index in [0.29, 0.717) is 30.4 Å². The fourth-order valence-electron chi connectivity index (χ4n) is 6.47. The quantitative estimate of drug-likeness (QED) is 0.0137. The van der Waals surface area contributed by atoms with Crippen molar-refractivity contribution in [3.8, 4) is 0 Å². The van der Waals surface area contributed by atoms with Gasteiger partial charge in [0.2, 0.25) is 0 Å². The molecule has 29 heteroatoms. The van der Waals surface area contributed by atoms with Crippen LogP contribution in [0.1, 0.15) is 92.9 Å². The molecule has 0 aromatic heterocycles. The van der Waals surface area contributed by atoms with E-state index in [0.717, 1.165) is 42.5 Å². The molecule has 0 radical (unpaired) electrons. The van der Waals surface area contributed by atoms with Gasteiger partial charge in [-0.15, -0.1) is 0 Å². The summed E-state index contributed by atoms with van der Waals surface area (Å²) in [5.74, 6) is -0.543. The molecule has 0 N–H and O–H groups in total. The molecule has 23 nitrogen and oxygen atoms in total. The van der Waals surface area contributed by atoms with Crippen molar-refractivity contribution in [3.05, 3.63) is 25.3 Å². The highest BCUT2D eigenvalue weighted by atomic mass is 32.2. The van der Waals surface area contributed by atoms with E-state index in [1.807, 2.05) is 13.5 Å². The molecule has 79 heavy (non-hydrogen) atoms. The Kier molecular flexibility index (Phi) is 44.8. The predicted molar refractivity (Wildman–Crippen MR) is 307 cm³/mol. The molecule has 0 amide bonds. The van der Waals surface area contributed by atoms with Gasteiger partial charge in [0.05, 0.1) is 75.3 Å². The van der Waals surface area contributed by atoms with Gasteiger partial charge in [0, 0.05) is 65.3 Å². The average Bonchev–Trinajstić information content (AvgIpc) is 3.45. The van der Waals surface area contributed by atoms with Crippen molar-refractivity contribution in [2.75, 3.05) is 137 Å². The van der Waals surface area contributed by atoms with Gasteiger partial charge in [-0.25, -0.2) is 9.59 Å². The lowest BCUT2D eigenvalue weighted by molar-refractivity contribution is -0.162. The molecule has 0 aliphatic carbocycles. The van der Waals surface area contributed by atoms with Crippen LogP contribution in [0, 0.1) is 10.8 Å². The maximum Gasteiger partial charge on any atom is 0.500 e. The van der Waals surface area contributed by atoms with Crippen LogP contribution < -0.4 is 0 Å². The maximum atomic E-state index is 12.6. The van der Waals surface area contributed by atoms with E-state index >= 15 is 0 Å². The minimum Gasteiger partial charge on any atom is -0.465 e. The largest absolute Gasteiger partial charge is 0.500 e. The first-order valence-electron chi connectivity index (χ1n) is 26.4. The van der Waals surface area contributed by atoms with Crippen LogP contribution in [0.2, 0.25) is 18.6 Å². The van der Waals surface area contributed by atoms with Gasteiger partial charge in [-0.1, -0.05) is 27.0 Å². The Labute approximate surface area is 480 Å². The minimum atomic E-state index is -3.40. The Morgan fingerprint density at radius 2 is 0.759 bits per heavy atom. The van der Waals surface area contributed by atoms with Crippen molar-refractivity contribution in [2.24, 2.45) is 10.8 Å². The van der Waals surface area contributed by atoms with Gasteiger partial charge in [-0.05, 0) is 77.5 Å². The first-order valence-corrected chi connectivity index (χ1v) is 36.6. The summed E-state index contributed by atoms with van der Waals surface area (Å²) in [6.07, 6.45) is 4.33. The zero-order chi connectivity index (χ0) is 60.3. The second-order valence-electron chi connectivity index (χ2n) is 17.6. The minimum absolute atomic E-state index is 0.104. The fourth-order valence-corrected chi connectivity index (χ4v) is 15.0. The topological polar surface area (TPSA) is 275 Å². The third-order valence-corrected chi connectivity index (χ3v) is 24.0. The van der Waals surface area contributed by atoms with E-state index < -0.39 is 79.2 Å². The van der Waals surface area contributed by atoms with Crippen LogP contribution in [0.3, 0.4) is 0 Å². The van der Waals surface area contributed by atoms with Crippen molar-refractivity contribution in [1.82, 2.24) is 0 Å². The van der Waals surface area contributed by atoms with E-state index in [4.69, 9.17) is 68.6 Å². The lowest BCUT2D eigenvalue weighted by Gasteiger charge is -2.31. The second kappa shape index (κ2) is 45.0. The van der Waals surface area contributed by atoms with Crippen molar-refractivity contribution in [3.63, 3.8) is 0 Å². The summed E-state index contributed by atoms with van der Waals surface area (Å²) < 4.78 is 105. The summed E-state index contributed by atoms with van der Waals surface area (Å²) in [6, 6.07) is 1.54. The van der Waals surface area contributed by atoms with Crippen molar-refractivity contribution in [1.29, 1.82) is 0 Å². The Balaban J connectivity index is 0. The summed E-state index contributed by atoms with van der Waals surface area (Å²) in [5.41, 5.74) is -1.91. The van der Waals surface area contributed by atoms with E-state index in [1.54, 1.807) is 93.7 Å². The van der Waals surface area contributed by atoms with Gasteiger partial charge in [0.1, 0.15) is 39.6 Å². The summed E-state index contributed by atoms with van der Waals surface area (Å²) in [4.78, 5) is 73.1. The molecule has 0 aliphatic heterocycles. The molecule has 2 atom stereocenters. The van der Waals surface area contributed by atoms with Crippen LogP contribution in [-0.2, 0) is 107 Å². The van der Waals surface area contributed by atoms with E-state index in [1.165, 1.54) is 0 Å². The average molecular weight is 1250 g/mol. The molecule has 0 aliphatic rings. The zero-order valence-corrected chi connectivity index (χ0v) is 54.5. The van der Waals surface area contributed by atoms with E-state index in [-0.39, 0.29) is 104 Å². The molecular formula is C50H94O23P2S2Si2. The lowest BCUT2D eigenvalue weighted by atomic mass is 9.88. The molecule has 0 heterocycles. The highest BCUT2D eigenvalue weighted by Crippen LogP contribution is 2.49. The predicted octanol–water partition coefficient (Wildman–Crippen LogP) is 8.98. The van der Waals surface area contributed by atoms with E-state index in [9.17, 15) is 37.9 Å². The number of rotatable bonds is 49. The SMILES string of the molecule is C=CC(=O)OCC(CC)(COC(=O)CCSCCC[Si](C)(OC)OC)COC(=O)CCP(=O)(OCC)OCC.C=CC(=O)OCC(CC)(COC(=O)CCSCCC[Si](OC)(OC)OC)COC(=O)CCP(=O)(OCC)OCC. The lowest BCUT2D eigenvalue weighted by Crippen LogP contribution is -2.42. The summed E-state index contributed by atoms with van der Waals surface area (Å²) in [7, 11) is -3.44. The first-order chi connectivity index (χ1) is 37.5. The Hall–Kier alpha value is -2.47. The molecule has 0 aromatic carbocycles. The molecular weight excluding hydrogens is 1150 g/mol. The van der Waals surface area contributed by atoms with Crippen LogP contribution in [-0.4, -0.2) is 190 Å². The number of hydrogen-bond acceptors (Lipinski definition) is 25. The summed E-state index contributed by atoms with van der Waals surface area (Å²) >= 11 is 3.24. The van der Waals surface area contributed by atoms with Gasteiger partial charge in [-0.2, -0.15) is 23.5 Å². The van der Waals surface area contributed by atoms with Crippen LogP contribution in [0.25, 0.3) is 0 Å². The van der Waals surface area contributed by atoms with Gasteiger partial charge in [0.25, 0.3) is 0 Å². The smallest absolute Gasteiger partial charge is 0.465 e. The van der Waals surface area contributed by atoms with Gasteiger partial charge in [0.15, 0.2) is 0 Å². The van der Waals surface area contributed by atoms with Crippen molar-refractivity contribution >= 4 is 91.9 Å². The molecule has 462 valence electrons. The van der Waals surface area contributed by atoms with Crippen LogP contribution in [0.15, 0.2) is 25.3 Å². The van der Waals surface area contributed by atoms with Crippen LogP contribution >= 0.6 is 38.7 Å². The monoisotopic (exact) mass is 1240 g/mol. The van der Waals surface area contributed by atoms with Gasteiger partial charge >= 0.3 is 68.4 Å². The Morgan fingerprint density at radius 1 is 0.456 bits per heavy atom. The fraction of sp³-hybridized carbons (Fsp3) is 0.800. The molecule has 2 unspecified atom stereocenters. The number of ether oxygens (including phenoxy) is 6. The Morgan fingerprint density at radius 3 is 1.04 bits per heavy atom. The first kappa shape index (κ1) is 78.6. The van der Waals surface area contributed by atoms with Crippen LogP contribution in [0.5, 0.6) is 0 Å². The molecule has 0 spiro atoms. The highest BCUT2D eigenvalue weighted by Gasteiger charge is 2.38. The van der Waals surface area contributed by atoms with E-state index in [2.05, 4.69) is 13.2 Å². The highest BCUT2D eigenvalue weighted by molar-refractivity contribution is 7.99. The second-order valence-corrected chi connectivity index (χ2v) is 31.1. The van der Waals surface area contributed by atoms with Gasteiger partial charge < -0.3 is 68.6 Å². The summed E-state index contributed by atoms with van der Waals surface area (Å²) in [6.45, 7) is 19.0. The molecule has 0 saturated heterocycles. The molecule has 0 aromatic rings. The molecule has 0 rings (SSSR count). The molecule has 0 saturated carbocycles. The number of esters is 6. The molecule has 0 fully saturated rings. The number of carbonyl (C=O) groups excluding carboxylic acids is 6. The number of thioether (sulfide) groups is 2. The van der Waals surface area contributed by atoms with Gasteiger partial charge in [-0.3, -0.25) is 28.3 Å². The maximum absolute atomic E-state index is 12.6. The Bertz CT molecular complexity index is 1830. The zero-order valence-electron chi connectivity index (χ0n) is 49.1. The third kappa shape index (κ3) is 36.0. The number of carbonyl (C=O) groups is 6. The van der Waals surface area contributed by atoms with Crippen molar-refractivity contribution in [2.45, 2.75) is 112 Å². The number of hydrogen-bond donors (Lipinski definition) is 0. The summed E-state index contributed by atoms with van der Waals surface area (Å²) in [5, 5.41) is 0.